The fourth-order valence-corrected chi connectivity index (χ4v) is 3.23. The third-order valence-electron chi connectivity index (χ3n) is 2.83. The molecule has 0 aliphatic rings. The number of ether oxygens (including phenoxy) is 1. The van der Waals surface area contributed by atoms with Crippen molar-refractivity contribution < 1.29 is 9.53 Å². The fraction of sp³-hybridized carbons (Fsp3) is 0.600. The number of aryl methyl sites for hydroxylation is 2. The molecule has 0 saturated heterocycles. The second-order valence-electron chi connectivity index (χ2n) is 5.54. The highest BCUT2D eigenvalue weighted by Crippen LogP contribution is 2.23. The monoisotopic (exact) mass is 296 g/mol. The molecule has 1 heterocycles. The molecule has 0 spiro atoms. The number of methoxy groups -OCH3 is 1. The van der Waals surface area contributed by atoms with Crippen LogP contribution in [0.3, 0.4) is 0 Å². The molecule has 1 atom stereocenters. The fourth-order valence-electron chi connectivity index (χ4n) is 2.12. The zero-order valence-electron chi connectivity index (χ0n) is 13.1. The van der Waals surface area contributed by atoms with Crippen molar-refractivity contribution in [3.8, 4) is 0 Å². The van der Waals surface area contributed by atoms with Crippen molar-refractivity contribution in [1.29, 1.82) is 0 Å². The summed E-state index contributed by atoms with van der Waals surface area (Å²) in [6, 6.07) is 4.27. The Balaban J connectivity index is 2.83. The van der Waals surface area contributed by atoms with Crippen LogP contribution in [0.15, 0.2) is 17.2 Å². The van der Waals surface area contributed by atoms with E-state index in [0.29, 0.717) is 5.75 Å². The van der Waals surface area contributed by atoms with Crippen molar-refractivity contribution in [2.45, 2.75) is 51.2 Å². The van der Waals surface area contributed by atoms with Gasteiger partial charge in [-0.15, -0.1) is 11.8 Å². The highest BCUT2D eigenvalue weighted by molar-refractivity contribution is 7.99. The van der Waals surface area contributed by atoms with Crippen molar-refractivity contribution in [2.24, 2.45) is 0 Å². The van der Waals surface area contributed by atoms with Crippen LogP contribution in [0.5, 0.6) is 0 Å². The molecule has 1 aromatic heterocycles. The van der Waals surface area contributed by atoms with Gasteiger partial charge in [0.05, 0.1) is 12.1 Å². The molecule has 1 rings (SSSR count). The molecule has 4 nitrogen and oxygen atoms in total. The minimum Gasteiger partial charge on any atom is -0.468 e. The zero-order valence-corrected chi connectivity index (χ0v) is 13.9. The Bertz CT molecular complexity index is 457. The lowest BCUT2D eigenvalue weighted by Gasteiger charge is -2.29. The van der Waals surface area contributed by atoms with Crippen molar-refractivity contribution >= 4 is 17.7 Å². The molecule has 0 saturated carbocycles. The predicted octanol–water partition coefficient (Wildman–Crippen LogP) is 2.72. The van der Waals surface area contributed by atoms with Gasteiger partial charge < -0.3 is 4.74 Å². The number of esters is 1. The summed E-state index contributed by atoms with van der Waals surface area (Å²) in [6.45, 7) is 9.92. The number of nitrogens with one attached hydrogen (secondary N) is 1. The molecule has 1 unspecified atom stereocenters. The van der Waals surface area contributed by atoms with Crippen LogP contribution in [0.25, 0.3) is 0 Å². The Morgan fingerprint density at radius 2 is 2.10 bits per heavy atom. The van der Waals surface area contributed by atoms with Crippen LogP contribution in [-0.2, 0) is 9.53 Å². The first-order valence-electron chi connectivity index (χ1n) is 6.71. The van der Waals surface area contributed by atoms with E-state index in [4.69, 9.17) is 4.74 Å². The van der Waals surface area contributed by atoms with E-state index in [1.54, 1.807) is 11.8 Å². The van der Waals surface area contributed by atoms with E-state index in [0.717, 1.165) is 10.7 Å². The molecule has 5 heteroatoms. The van der Waals surface area contributed by atoms with Gasteiger partial charge in [-0.3, -0.25) is 10.1 Å². The minimum atomic E-state index is -0.715. The number of carbonyl (C=O) groups excluding carboxylic acids is 1. The number of hydrogen-bond acceptors (Lipinski definition) is 5. The molecule has 1 aromatic rings. The second-order valence-corrected chi connectivity index (χ2v) is 6.53. The third-order valence-corrected chi connectivity index (χ3v) is 4.05. The predicted molar refractivity (Wildman–Crippen MR) is 83.1 cm³/mol. The summed E-state index contributed by atoms with van der Waals surface area (Å²) in [7, 11) is 1.42. The zero-order chi connectivity index (χ0) is 15.3. The Labute approximate surface area is 125 Å². The molecule has 0 aromatic carbocycles. The maximum atomic E-state index is 12.0. The molecular weight excluding hydrogens is 272 g/mol. The van der Waals surface area contributed by atoms with Crippen molar-refractivity contribution in [3.63, 3.8) is 0 Å². The summed E-state index contributed by atoms with van der Waals surface area (Å²) >= 11 is 1.57. The number of rotatable bonds is 6. The van der Waals surface area contributed by atoms with Crippen LogP contribution in [0.4, 0.5) is 0 Å². The van der Waals surface area contributed by atoms with E-state index in [9.17, 15) is 4.79 Å². The van der Waals surface area contributed by atoms with E-state index in [2.05, 4.69) is 10.3 Å². The van der Waals surface area contributed by atoms with Gasteiger partial charge in [0, 0.05) is 17.5 Å². The Kier molecular flexibility index (Phi) is 6.02. The molecule has 0 aliphatic carbocycles. The van der Waals surface area contributed by atoms with Crippen molar-refractivity contribution in [2.75, 3.05) is 12.9 Å². The van der Waals surface area contributed by atoms with E-state index in [1.807, 2.05) is 46.8 Å². The lowest BCUT2D eigenvalue weighted by atomic mass is 10.0. The summed E-state index contributed by atoms with van der Waals surface area (Å²) < 4.78 is 4.92. The summed E-state index contributed by atoms with van der Waals surface area (Å²) in [6.07, 6.45) is 0. The smallest absolute Gasteiger partial charge is 0.326 e. The molecule has 0 aliphatic heterocycles. The minimum absolute atomic E-state index is 0.201. The number of thioether (sulfide) groups is 1. The first-order valence-corrected chi connectivity index (χ1v) is 7.69. The maximum Gasteiger partial charge on any atom is 0.326 e. The largest absolute Gasteiger partial charge is 0.468 e. The van der Waals surface area contributed by atoms with Gasteiger partial charge in [-0.25, -0.2) is 4.98 Å². The van der Waals surface area contributed by atoms with Gasteiger partial charge in [0.15, 0.2) is 0 Å². The number of pyridine rings is 1. The molecule has 0 bridgehead atoms. The lowest BCUT2D eigenvalue weighted by molar-refractivity contribution is -0.147. The topological polar surface area (TPSA) is 51.2 Å². The number of carbonyl (C=O) groups is 1. The molecule has 20 heavy (non-hydrogen) atoms. The van der Waals surface area contributed by atoms with Gasteiger partial charge in [0.2, 0.25) is 0 Å². The summed E-state index contributed by atoms with van der Waals surface area (Å²) in [5, 5.41) is 4.22. The van der Waals surface area contributed by atoms with Crippen LogP contribution in [0, 0.1) is 13.8 Å². The molecule has 1 N–H and O–H groups in total. The first kappa shape index (κ1) is 17.0. The average Bonchev–Trinajstić information content (AvgIpc) is 2.33. The van der Waals surface area contributed by atoms with Gasteiger partial charge in [0.25, 0.3) is 0 Å². The Morgan fingerprint density at radius 1 is 1.45 bits per heavy atom. The summed E-state index contributed by atoms with van der Waals surface area (Å²) in [4.78, 5) is 16.5. The Morgan fingerprint density at radius 3 is 2.60 bits per heavy atom. The number of aromatic nitrogens is 1. The lowest BCUT2D eigenvalue weighted by Crippen LogP contribution is -2.54. The number of hydrogen-bond donors (Lipinski definition) is 1. The van der Waals surface area contributed by atoms with Gasteiger partial charge in [-0.05, 0) is 52.3 Å². The van der Waals surface area contributed by atoms with Crippen LogP contribution in [0.1, 0.15) is 32.0 Å². The van der Waals surface area contributed by atoms with Crippen molar-refractivity contribution in [1.82, 2.24) is 10.3 Å². The summed E-state index contributed by atoms with van der Waals surface area (Å²) in [5.41, 5.74) is 1.45. The standard InChI is InChI=1S/C15H24N2O2S/c1-10(2)17-15(5,14(18)19-6)9-20-13-8-11(3)7-12(4)16-13/h7-8,10,17H,9H2,1-6H3. The van der Waals surface area contributed by atoms with Gasteiger partial charge in [0.1, 0.15) is 5.54 Å². The first-order chi connectivity index (χ1) is 9.26. The van der Waals surface area contributed by atoms with Crippen LogP contribution in [-0.4, -0.2) is 35.4 Å². The third kappa shape index (κ3) is 4.80. The highest BCUT2D eigenvalue weighted by atomic mass is 32.2. The molecular formula is C15H24N2O2S. The number of nitrogens with zero attached hydrogens (tertiary/aromatic N) is 1. The molecule has 0 fully saturated rings. The molecule has 112 valence electrons. The highest BCUT2D eigenvalue weighted by Gasteiger charge is 2.35. The maximum absolute atomic E-state index is 12.0. The second kappa shape index (κ2) is 7.09. The van der Waals surface area contributed by atoms with Crippen LogP contribution >= 0.6 is 11.8 Å². The van der Waals surface area contributed by atoms with Crippen LogP contribution in [0.2, 0.25) is 0 Å². The van der Waals surface area contributed by atoms with Gasteiger partial charge in [-0.1, -0.05) is 0 Å². The molecule has 0 amide bonds. The quantitative estimate of drug-likeness (QED) is 0.646. The summed E-state index contributed by atoms with van der Waals surface area (Å²) in [5.74, 6) is 0.330. The normalized spacial score (nSPS) is 14.2. The van der Waals surface area contributed by atoms with E-state index >= 15 is 0 Å². The average molecular weight is 296 g/mol. The van der Waals surface area contributed by atoms with Gasteiger partial charge in [-0.2, -0.15) is 0 Å². The molecule has 0 radical (unpaired) electrons. The van der Waals surface area contributed by atoms with Crippen LogP contribution < -0.4 is 5.32 Å². The van der Waals surface area contributed by atoms with Crippen molar-refractivity contribution in [3.05, 3.63) is 23.4 Å². The van der Waals surface area contributed by atoms with E-state index in [-0.39, 0.29) is 12.0 Å². The van der Waals surface area contributed by atoms with E-state index in [1.165, 1.54) is 12.7 Å². The Hall–Kier alpha value is -1.07. The SMILES string of the molecule is COC(=O)C(C)(CSc1cc(C)cc(C)n1)NC(C)C. The van der Waals surface area contributed by atoms with Gasteiger partial charge >= 0.3 is 5.97 Å². The van der Waals surface area contributed by atoms with E-state index < -0.39 is 5.54 Å².